The zero-order chi connectivity index (χ0) is 11.3. The van der Waals surface area contributed by atoms with Crippen LogP contribution in [0.3, 0.4) is 0 Å². The Kier molecular flexibility index (Phi) is 3.87. The number of nitrogens with zero attached hydrogens (tertiary/aromatic N) is 2. The number of hydrogen-bond acceptors (Lipinski definition) is 2. The zero-order valence-electron chi connectivity index (χ0n) is 9.03. The summed E-state index contributed by atoms with van der Waals surface area (Å²) in [7, 11) is 1.64. The molecule has 15 heavy (non-hydrogen) atoms. The first-order valence-corrected chi connectivity index (χ1v) is 4.84. The summed E-state index contributed by atoms with van der Waals surface area (Å²) in [5, 5.41) is 8.41. The maximum Gasteiger partial charge on any atom is 0.324 e. The molecule has 3 heteroatoms. The summed E-state index contributed by atoms with van der Waals surface area (Å²) in [5.74, 6) is -0.484. The topological polar surface area (TPSA) is 44.1 Å². The molecule has 1 aromatic carbocycles. The summed E-state index contributed by atoms with van der Waals surface area (Å²) >= 11 is 0. The molecule has 0 unspecified atom stereocenters. The van der Waals surface area contributed by atoms with E-state index in [-0.39, 0.29) is 0 Å². The van der Waals surface area contributed by atoms with Gasteiger partial charge in [-0.15, -0.1) is 0 Å². The monoisotopic (exact) mass is 202 g/mol. The van der Waals surface area contributed by atoms with Crippen molar-refractivity contribution in [2.24, 2.45) is 0 Å². The molecule has 1 amide bonds. The normalized spacial score (nSPS) is 9.40. The van der Waals surface area contributed by atoms with Gasteiger partial charge in [0.05, 0.1) is 0 Å². The van der Waals surface area contributed by atoms with Gasteiger partial charge in [-0.3, -0.25) is 4.79 Å². The van der Waals surface area contributed by atoms with Crippen molar-refractivity contribution in [3.63, 3.8) is 0 Å². The van der Waals surface area contributed by atoms with E-state index in [9.17, 15) is 4.79 Å². The summed E-state index contributed by atoms with van der Waals surface area (Å²) in [4.78, 5) is 12.4. The van der Waals surface area contributed by atoms with Crippen LogP contribution in [0.15, 0.2) is 24.3 Å². The molecular weight excluding hydrogens is 188 g/mol. The molecule has 0 aliphatic rings. The fraction of sp³-hybridized carbons (Fsp3) is 0.333. The average Bonchev–Trinajstić information content (AvgIpc) is 2.25. The minimum atomic E-state index is -0.484. The molecule has 0 bridgehead atoms. The first-order valence-electron chi connectivity index (χ1n) is 4.84. The number of benzene rings is 1. The minimum Gasteiger partial charge on any atom is -0.333 e. The molecule has 78 valence electrons. The van der Waals surface area contributed by atoms with Crippen molar-refractivity contribution < 1.29 is 4.79 Å². The Hall–Kier alpha value is -1.82. The van der Waals surface area contributed by atoms with E-state index in [1.807, 2.05) is 25.1 Å². The lowest BCUT2D eigenvalue weighted by Crippen LogP contribution is -2.27. The standard InChI is InChI=1S/C12H14N2O/c1-10-4-3-5-11(8-10)6-7-14(2)12(15)9-13/h3-5,8H,6-7H2,1-2H3. The van der Waals surface area contributed by atoms with Crippen LogP contribution in [0, 0.1) is 18.3 Å². The van der Waals surface area contributed by atoms with Gasteiger partial charge in [-0.25, -0.2) is 0 Å². The van der Waals surface area contributed by atoms with E-state index < -0.39 is 5.91 Å². The molecule has 0 spiro atoms. The molecule has 0 saturated carbocycles. The molecule has 0 aromatic heterocycles. The number of carbonyl (C=O) groups excluding carboxylic acids is 1. The van der Waals surface area contributed by atoms with Crippen LogP contribution < -0.4 is 0 Å². The fourth-order valence-corrected chi connectivity index (χ4v) is 1.35. The fourth-order valence-electron chi connectivity index (χ4n) is 1.35. The van der Waals surface area contributed by atoms with E-state index >= 15 is 0 Å². The van der Waals surface area contributed by atoms with Gasteiger partial charge in [0.1, 0.15) is 0 Å². The third kappa shape index (κ3) is 3.43. The highest BCUT2D eigenvalue weighted by atomic mass is 16.2. The zero-order valence-corrected chi connectivity index (χ0v) is 9.03. The molecule has 1 aromatic rings. The van der Waals surface area contributed by atoms with Crippen molar-refractivity contribution in [2.75, 3.05) is 13.6 Å². The first kappa shape index (κ1) is 11.3. The Morgan fingerprint density at radius 3 is 2.87 bits per heavy atom. The van der Waals surface area contributed by atoms with Gasteiger partial charge in [-0.05, 0) is 18.9 Å². The van der Waals surface area contributed by atoms with Gasteiger partial charge in [-0.1, -0.05) is 29.8 Å². The number of rotatable bonds is 3. The highest BCUT2D eigenvalue weighted by Crippen LogP contribution is 2.05. The van der Waals surface area contributed by atoms with Crippen LogP contribution >= 0.6 is 0 Å². The summed E-state index contributed by atoms with van der Waals surface area (Å²) in [6, 6.07) is 9.75. The van der Waals surface area contributed by atoms with Crippen LogP contribution in [-0.2, 0) is 11.2 Å². The SMILES string of the molecule is Cc1cccc(CCN(C)C(=O)C#N)c1. The smallest absolute Gasteiger partial charge is 0.324 e. The molecule has 0 aliphatic carbocycles. The van der Waals surface area contributed by atoms with Gasteiger partial charge in [0.15, 0.2) is 6.07 Å². The molecule has 3 nitrogen and oxygen atoms in total. The van der Waals surface area contributed by atoms with E-state index in [0.717, 1.165) is 6.42 Å². The number of aryl methyl sites for hydroxylation is 1. The number of amides is 1. The number of hydrogen-bond donors (Lipinski definition) is 0. The second-order valence-electron chi connectivity index (χ2n) is 3.58. The predicted octanol–water partition coefficient (Wildman–Crippen LogP) is 1.52. The average molecular weight is 202 g/mol. The number of likely N-dealkylation sites (N-methyl/N-ethyl adjacent to an activating group) is 1. The molecule has 0 N–H and O–H groups in total. The maximum atomic E-state index is 11.0. The predicted molar refractivity (Wildman–Crippen MR) is 58.1 cm³/mol. The second kappa shape index (κ2) is 5.16. The summed E-state index contributed by atoms with van der Waals surface area (Å²) in [6.07, 6.45) is 0.783. The Morgan fingerprint density at radius 2 is 2.27 bits per heavy atom. The van der Waals surface area contributed by atoms with Crippen molar-refractivity contribution >= 4 is 5.91 Å². The molecular formula is C12H14N2O. The molecule has 0 radical (unpaired) electrons. The van der Waals surface area contributed by atoms with Crippen LogP contribution in [-0.4, -0.2) is 24.4 Å². The van der Waals surface area contributed by atoms with E-state index in [2.05, 4.69) is 6.07 Å². The largest absolute Gasteiger partial charge is 0.333 e. The van der Waals surface area contributed by atoms with E-state index in [0.29, 0.717) is 6.54 Å². The van der Waals surface area contributed by atoms with Gasteiger partial charge < -0.3 is 4.90 Å². The lowest BCUT2D eigenvalue weighted by atomic mass is 10.1. The quantitative estimate of drug-likeness (QED) is 0.697. The number of carbonyl (C=O) groups is 1. The lowest BCUT2D eigenvalue weighted by Gasteiger charge is -2.12. The van der Waals surface area contributed by atoms with Crippen molar-refractivity contribution in [3.8, 4) is 6.07 Å². The summed E-state index contributed by atoms with van der Waals surface area (Å²) in [6.45, 7) is 2.61. The Morgan fingerprint density at radius 1 is 1.53 bits per heavy atom. The molecule has 0 aliphatic heterocycles. The molecule has 0 heterocycles. The van der Waals surface area contributed by atoms with Crippen LogP contribution in [0.25, 0.3) is 0 Å². The summed E-state index contributed by atoms with van der Waals surface area (Å²) < 4.78 is 0. The van der Waals surface area contributed by atoms with Crippen LogP contribution in [0.5, 0.6) is 0 Å². The van der Waals surface area contributed by atoms with Crippen molar-refractivity contribution in [3.05, 3.63) is 35.4 Å². The third-order valence-corrected chi connectivity index (χ3v) is 2.26. The third-order valence-electron chi connectivity index (χ3n) is 2.26. The van der Waals surface area contributed by atoms with Crippen molar-refractivity contribution in [1.82, 2.24) is 4.90 Å². The van der Waals surface area contributed by atoms with Crippen LogP contribution in [0.2, 0.25) is 0 Å². The van der Waals surface area contributed by atoms with Gasteiger partial charge in [0, 0.05) is 13.6 Å². The van der Waals surface area contributed by atoms with Gasteiger partial charge in [-0.2, -0.15) is 5.26 Å². The molecule has 0 fully saturated rings. The minimum absolute atomic E-state index is 0.484. The van der Waals surface area contributed by atoms with Gasteiger partial charge in [0.25, 0.3) is 0 Å². The first-order chi connectivity index (χ1) is 7.13. The summed E-state index contributed by atoms with van der Waals surface area (Å²) in [5.41, 5.74) is 2.40. The van der Waals surface area contributed by atoms with Crippen LogP contribution in [0.1, 0.15) is 11.1 Å². The van der Waals surface area contributed by atoms with E-state index in [1.54, 1.807) is 13.1 Å². The highest BCUT2D eigenvalue weighted by Gasteiger charge is 2.06. The Labute approximate surface area is 89.9 Å². The van der Waals surface area contributed by atoms with Crippen molar-refractivity contribution in [2.45, 2.75) is 13.3 Å². The lowest BCUT2D eigenvalue weighted by molar-refractivity contribution is -0.124. The van der Waals surface area contributed by atoms with E-state index in [4.69, 9.17) is 5.26 Å². The molecule has 1 rings (SSSR count). The van der Waals surface area contributed by atoms with Gasteiger partial charge >= 0.3 is 5.91 Å². The maximum absolute atomic E-state index is 11.0. The van der Waals surface area contributed by atoms with Crippen LogP contribution in [0.4, 0.5) is 0 Å². The molecule has 0 saturated heterocycles. The Bertz CT molecular complexity index is 393. The molecule has 0 atom stereocenters. The Balaban J connectivity index is 2.51. The second-order valence-corrected chi connectivity index (χ2v) is 3.58. The van der Waals surface area contributed by atoms with Gasteiger partial charge in [0.2, 0.25) is 0 Å². The van der Waals surface area contributed by atoms with E-state index in [1.165, 1.54) is 16.0 Å². The highest BCUT2D eigenvalue weighted by molar-refractivity contribution is 5.90. The number of nitriles is 1. The van der Waals surface area contributed by atoms with Crippen molar-refractivity contribution in [1.29, 1.82) is 5.26 Å².